The second-order valence-corrected chi connectivity index (χ2v) is 8.69. The maximum absolute atomic E-state index is 12.8. The van der Waals surface area contributed by atoms with Crippen molar-refractivity contribution in [3.8, 4) is 0 Å². The lowest BCUT2D eigenvalue weighted by atomic mass is 9.99. The molecule has 0 aliphatic carbocycles. The zero-order valence-corrected chi connectivity index (χ0v) is 15.9. The molecule has 0 spiro atoms. The van der Waals surface area contributed by atoms with Gasteiger partial charge in [0.05, 0.1) is 10.8 Å². The van der Waals surface area contributed by atoms with E-state index >= 15 is 0 Å². The number of hydrogen-bond donors (Lipinski definition) is 1. The largest absolute Gasteiger partial charge is 0.310 e. The summed E-state index contributed by atoms with van der Waals surface area (Å²) in [5.41, 5.74) is 0.802. The molecule has 0 radical (unpaired) electrons. The normalized spacial score (nSPS) is 18.5. The number of benzene rings is 1. The standard InChI is InChI=1S/C18H20ClN3O3S/c1-13-5-2-9-17(20-13)21-18(23)14-6-4-10-22(12-14)26(24,25)16-8-3-7-15(19)11-16/h2-3,5,7-9,11,14H,4,6,10,12H2,1H3,(H,20,21,23). The molecule has 1 aliphatic rings. The van der Waals surface area contributed by atoms with Gasteiger partial charge in [-0.15, -0.1) is 0 Å². The van der Waals surface area contributed by atoms with Crippen LogP contribution in [0.3, 0.4) is 0 Å². The number of halogens is 1. The van der Waals surface area contributed by atoms with Gasteiger partial charge in [-0.2, -0.15) is 4.31 Å². The van der Waals surface area contributed by atoms with Gasteiger partial charge in [-0.3, -0.25) is 4.79 Å². The molecule has 1 fully saturated rings. The van der Waals surface area contributed by atoms with Crippen molar-refractivity contribution in [2.24, 2.45) is 5.92 Å². The predicted octanol–water partition coefficient (Wildman–Crippen LogP) is 3.08. The predicted molar refractivity (Wildman–Crippen MR) is 101 cm³/mol. The number of pyridine rings is 1. The number of rotatable bonds is 4. The van der Waals surface area contributed by atoms with E-state index in [2.05, 4.69) is 10.3 Å². The Hall–Kier alpha value is -1.96. The van der Waals surface area contributed by atoms with E-state index in [1.807, 2.05) is 19.1 Å². The summed E-state index contributed by atoms with van der Waals surface area (Å²) in [5, 5.41) is 3.14. The molecule has 1 aliphatic heterocycles. The van der Waals surface area contributed by atoms with Crippen molar-refractivity contribution in [2.45, 2.75) is 24.7 Å². The third-order valence-corrected chi connectivity index (χ3v) is 6.42. The van der Waals surface area contributed by atoms with Gasteiger partial charge < -0.3 is 5.32 Å². The highest BCUT2D eigenvalue weighted by molar-refractivity contribution is 7.89. The number of amides is 1. The van der Waals surface area contributed by atoms with Crippen molar-refractivity contribution < 1.29 is 13.2 Å². The van der Waals surface area contributed by atoms with Crippen LogP contribution in [0.2, 0.25) is 5.02 Å². The van der Waals surface area contributed by atoms with Crippen molar-refractivity contribution in [3.05, 3.63) is 53.2 Å². The van der Waals surface area contributed by atoms with Crippen LogP contribution in [-0.4, -0.2) is 36.7 Å². The number of carbonyl (C=O) groups is 1. The number of nitrogens with one attached hydrogen (secondary N) is 1. The van der Waals surface area contributed by atoms with Gasteiger partial charge in [0.2, 0.25) is 15.9 Å². The molecule has 1 N–H and O–H groups in total. The molecule has 2 aromatic rings. The van der Waals surface area contributed by atoms with Crippen LogP contribution in [0.5, 0.6) is 0 Å². The van der Waals surface area contributed by atoms with Crippen molar-refractivity contribution in [2.75, 3.05) is 18.4 Å². The Balaban J connectivity index is 1.73. The number of aryl methyl sites for hydroxylation is 1. The molecular weight excluding hydrogens is 374 g/mol. The van der Waals surface area contributed by atoms with Gasteiger partial charge in [-0.1, -0.05) is 23.7 Å². The van der Waals surface area contributed by atoms with Crippen LogP contribution in [0.1, 0.15) is 18.5 Å². The molecule has 0 bridgehead atoms. The number of aromatic nitrogens is 1. The van der Waals surface area contributed by atoms with Gasteiger partial charge in [0, 0.05) is 23.8 Å². The first-order chi connectivity index (χ1) is 12.4. The lowest BCUT2D eigenvalue weighted by Crippen LogP contribution is -2.43. The summed E-state index contributed by atoms with van der Waals surface area (Å²) in [4.78, 5) is 16.9. The maximum Gasteiger partial charge on any atom is 0.243 e. The smallest absolute Gasteiger partial charge is 0.243 e. The van der Waals surface area contributed by atoms with Gasteiger partial charge in [0.1, 0.15) is 5.82 Å². The van der Waals surface area contributed by atoms with Crippen molar-refractivity contribution in [1.82, 2.24) is 9.29 Å². The molecule has 6 nitrogen and oxygen atoms in total. The Kier molecular flexibility index (Phi) is 5.60. The third-order valence-electron chi connectivity index (χ3n) is 4.33. The zero-order valence-electron chi connectivity index (χ0n) is 14.4. The van der Waals surface area contributed by atoms with Crippen molar-refractivity contribution >= 4 is 33.3 Å². The van der Waals surface area contributed by atoms with Gasteiger partial charge in [0.25, 0.3) is 0 Å². The summed E-state index contributed by atoms with van der Waals surface area (Å²) in [7, 11) is -3.68. The molecule has 1 saturated heterocycles. The van der Waals surface area contributed by atoms with E-state index in [1.165, 1.54) is 16.4 Å². The van der Waals surface area contributed by atoms with Crippen LogP contribution in [0.15, 0.2) is 47.4 Å². The molecule has 2 heterocycles. The Bertz CT molecular complexity index is 917. The number of piperidine rings is 1. The van der Waals surface area contributed by atoms with Crippen LogP contribution in [0.4, 0.5) is 5.82 Å². The summed E-state index contributed by atoms with van der Waals surface area (Å²) in [6.45, 7) is 2.38. The molecule has 1 amide bonds. The second-order valence-electron chi connectivity index (χ2n) is 6.31. The van der Waals surface area contributed by atoms with Gasteiger partial charge >= 0.3 is 0 Å². The van der Waals surface area contributed by atoms with Gasteiger partial charge in [-0.05, 0) is 50.1 Å². The lowest BCUT2D eigenvalue weighted by Gasteiger charge is -2.31. The molecule has 1 aromatic heterocycles. The van der Waals surface area contributed by atoms with Crippen molar-refractivity contribution in [1.29, 1.82) is 0 Å². The second kappa shape index (κ2) is 7.73. The molecule has 138 valence electrons. The molecule has 1 unspecified atom stereocenters. The van der Waals surface area contributed by atoms with Gasteiger partial charge in [0.15, 0.2) is 0 Å². The summed E-state index contributed by atoms with van der Waals surface area (Å²) in [6.07, 6.45) is 1.26. The van der Waals surface area contributed by atoms with E-state index in [0.717, 1.165) is 5.69 Å². The molecule has 8 heteroatoms. The highest BCUT2D eigenvalue weighted by atomic mass is 35.5. The minimum absolute atomic E-state index is 0.145. The monoisotopic (exact) mass is 393 g/mol. The average molecular weight is 394 g/mol. The minimum Gasteiger partial charge on any atom is -0.310 e. The van der Waals surface area contributed by atoms with E-state index in [0.29, 0.717) is 30.2 Å². The Morgan fingerprint density at radius 3 is 2.77 bits per heavy atom. The minimum atomic E-state index is -3.68. The average Bonchev–Trinajstić information content (AvgIpc) is 2.62. The summed E-state index contributed by atoms with van der Waals surface area (Å²) >= 11 is 5.92. The Morgan fingerprint density at radius 2 is 2.04 bits per heavy atom. The SMILES string of the molecule is Cc1cccc(NC(=O)C2CCCN(S(=O)(=O)c3cccc(Cl)c3)C2)n1. The van der Waals surface area contributed by atoms with Crippen LogP contribution in [0.25, 0.3) is 0 Å². The fourth-order valence-electron chi connectivity index (χ4n) is 2.99. The maximum atomic E-state index is 12.8. The first-order valence-corrected chi connectivity index (χ1v) is 10.2. The van der Waals surface area contributed by atoms with Crippen LogP contribution < -0.4 is 5.32 Å². The topological polar surface area (TPSA) is 79.4 Å². The molecule has 0 saturated carbocycles. The van der Waals surface area contributed by atoms with E-state index in [4.69, 9.17) is 11.6 Å². The number of anilines is 1. The van der Waals surface area contributed by atoms with E-state index < -0.39 is 15.9 Å². The van der Waals surface area contributed by atoms with Crippen LogP contribution in [0, 0.1) is 12.8 Å². The quantitative estimate of drug-likeness (QED) is 0.865. The van der Waals surface area contributed by atoms with E-state index in [9.17, 15) is 13.2 Å². The highest BCUT2D eigenvalue weighted by Gasteiger charge is 2.33. The lowest BCUT2D eigenvalue weighted by molar-refractivity contribution is -0.120. The fraction of sp³-hybridized carbons (Fsp3) is 0.333. The first kappa shape index (κ1) is 18.8. The molecule has 26 heavy (non-hydrogen) atoms. The number of hydrogen-bond acceptors (Lipinski definition) is 4. The van der Waals surface area contributed by atoms with E-state index in [1.54, 1.807) is 18.2 Å². The highest BCUT2D eigenvalue weighted by Crippen LogP contribution is 2.26. The van der Waals surface area contributed by atoms with Gasteiger partial charge in [-0.25, -0.2) is 13.4 Å². The van der Waals surface area contributed by atoms with Crippen LogP contribution in [-0.2, 0) is 14.8 Å². The zero-order chi connectivity index (χ0) is 18.7. The molecule has 3 rings (SSSR count). The molecule has 1 atom stereocenters. The summed E-state index contributed by atoms with van der Waals surface area (Å²) < 4.78 is 27.0. The number of sulfonamides is 1. The third kappa shape index (κ3) is 4.23. The summed E-state index contributed by atoms with van der Waals surface area (Å²) in [6, 6.07) is 11.5. The fourth-order valence-corrected chi connectivity index (χ4v) is 4.82. The number of carbonyl (C=O) groups excluding carboxylic acids is 1. The molecule has 1 aromatic carbocycles. The van der Waals surface area contributed by atoms with E-state index in [-0.39, 0.29) is 17.3 Å². The summed E-state index contributed by atoms with van der Waals surface area (Å²) in [5.74, 6) is -0.154. The number of nitrogens with zero attached hydrogens (tertiary/aromatic N) is 2. The first-order valence-electron chi connectivity index (χ1n) is 8.36. The Morgan fingerprint density at radius 1 is 1.27 bits per heavy atom. The van der Waals surface area contributed by atoms with Crippen LogP contribution >= 0.6 is 11.6 Å². The van der Waals surface area contributed by atoms with Crippen molar-refractivity contribution in [3.63, 3.8) is 0 Å². The molecular formula is C18H20ClN3O3S. The Labute approximate surface area is 158 Å².